The van der Waals surface area contributed by atoms with Crippen molar-refractivity contribution in [2.75, 3.05) is 13.7 Å². The predicted molar refractivity (Wildman–Crippen MR) is 67.5 cm³/mol. The molecule has 0 radical (unpaired) electrons. The average Bonchev–Trinajstić information content (AvgIpc) is 2.86. The molecule has 0 saturated carbocycles. The van der Waals surface area contributed by atoms with E-state index in [0.717, 1.165) is 8.66 Å². The van der Waals surface area contributed by atoms with Crippen LogP contribution in [0.2, 0.25) is 0 Å². The number of rotatable bonds is 5. The van der Waals surface area contributed by atoms with Crippen molar-refractivity contribution in [3.05, 3.63) is 37.2 Å². The highest BCUT2D eigenvalue weighted by atomic mass is 79.9. The Morgan fingerprint density at radius 3 is 3.06 bits per heavy atom. The van der Waals surface area contributed by atoms with Crippen molar-refractivity contribution in [2.24, 2.45) is 0 Å². The van der Waals surface area contributed by atoms with Gasteiger partial charge in [0, 0.05) is 18.4 Å². The zero-order valence-electron chi connectivity index (χ0n) is 9.18. The SMILES string of the molecule is COCCc1noc(=O)n1Cc1ccc(Br)s1. The Morgan fingerprint density at radius 2 is 2.41 bits per heavy atom. The quantitative estimate of drug-likeness (QED) is 0.844. The van der Waals surface area contributed by atoms with Crippen LogP contribution in [0, 0.1) is 0 Å². The summed E-state index contributed by atoms with van der Waals surface area (Å²) in [7, 11) is 1.61. The van der Waals surface area contributed by atoms with E-state index in [1.165, 1.54) is 4.57 Å². The summed E-state index contributed by atoms with van der Waals surface area (Å²) in [6, 6.07) is 3.92. The van der Waals surface area contributed by atoms with Gasteiger partial charge in [-0.15, -0.1) is 11.3 Å². The number of hydrogen-bond acceptors (Lipinski definition) is 5. The minimum Gasteiger partial charge on any atom is -0.384 e. The van der Waals surface area contributed by atoms with E-state index in [1.807, 2.05) is 12.1 Å². The topological polar surface area (TPSA) is 57.3 Å². The van der Waals surface area contributed by atoms with Crippen LogP contribution < -0.4 is 5.76 Å². The van der Waals surface area contributed by atoms with Crippen LogP contribution in [0.4, 0.5) is 0 Å². The fourth-order valence-corrected chi connectivity index (χ4v) is 2.89. The van der Waals surface area contributed by atoms with Gasteiger partial charge in [0.1, 0.15) is 0 Å². The molecular formula is C10H11BrN2O3S. The van der Waals surface area contributed by atoms with Gasteiger partial charge in [0.2, 0.25) is 0 Å². The molecule has 2 aromatic heterocycles. The third kappa shape index (κ3) is 3.05. The van der Waals surface area contributed by atoms with Crippen LogP contribution in [0.25, 0.3) is 0 Å². The van der Waals surface area contributed by atoms with Crippen molar-refractivity contribution in [2.45, 2.75) is 13.0 Å². The number of aromatic nitrogens is 2. The minimum atomic E-state index is -0.430. The zero-order chi connectivity index (χ0) is 12.3. The zero-order valence-corrected chi connectivity index (χ0v) is 11.6. The lowest BCUT2D eigenvalue weighted by atomic mass is 10.4. The smallest absolute Gasteiger partial charge is 0.384 e. The van der Waals surface area contributed by atoms with E-state index >= 15 is 0 Å². The Hall–Kier alpha value is -0.920. The number of ether oxygens (including phenoxy) is 1. The molecule has 2 aromatic rings. The second-order valence-electron chi connectivity index (χ2n) is 3.40. The van der Waals surface area contributed by atoms with Crippen LogP contribution in [0.5, 0.6) is 0 Å². The van der Waals surface area contributed by atoms with Crippen molar-refractivity contribution in [3.8, 4) is 0 Å². The first-order valence-corrected chi connectivity index (χ1v) is 6.60. The van der Waals surface area contributed by atoms with Gasteiger partial charge in [-0.1, -0.05) is 5.16 Å². The van der Waals surface area contributed by atoms with Gasteiger partial charge in [-0.25, -0.2) is 4.79 Å². The summed E-state index contributed by atoms with van der Waals surface area (Å²) in [5, 5.41) is 3.74. The summed E-state index contributed by atoms with van der Waals surface area (Å²) < 4.78 is 12.2. The van der Waals surface area contributed by atoms with Crippen molar-refractivity contribution in [3.63, 3.8) is 0 Å². The predicted octanol–water partition coefficient (Wildman–Crippen LogP) is 1.90. The van der Waals surface area contributed by atoms with Crippen LogP contribution in [0.3, 0.4) is 0 Å². The van der Waals surface area contributed by atoms with Crippen molar-refractivity contribution >= 4 is 27.3 Å². The molecule has 0 unspecified atom stereocenters. The Bertz CT molecular complexity index is 546. The lowest BCUT2D eigenvalue weighted by Gasteiger charge is -2.01. The summed E-state index contributed by atoms with van der Waals surface area (Å²) >= 11 is 4.97. The first-order valence-electron chi connectivity index (χ1n) is 4.99. The molecule has 0 aromatic carbocycles. The lowest BCUT2D eigenvalue weighted by Crippen LogP contribution is -2.18. The molecule has 2 rings (SSSR count). The number of thiophene rings is 1. The van der Waals surface area contributed by atoms with Gasteiger partial charge >= 0.3 is 5.76 Å². The fraction of sp³-hybridized carbons (Fsp3) is 0.400. The monoisotopic (exact) mass is 318 g/mol. The van der Waals surface area contributed by atoms with Crippen LogP contribution >= 0.6 is 27.3 Å². The summed E-state index contributed by atoms with van der Waals surface area (Å²) in [4.78, 5) is 12.6. The van der Waals surface area contributed by atoms with Gasteiger partial charge in [0.15, 0.2) is 5.82 Å². The highest BCUT2D eigenvalue weighted by Crippen LogP contribution is 2.22. The molecule has 0 bridgehead atoms. The number of methoxy groups -OCH3 is 1. The third-order valence-corrected chi connectivity index (χ3v) is 3.84. The molecule has 0 saturated heterocycles. The van der Waals surface area contributed by atoms with Gasteiger partial charge in [-0.3, -0.25) is 9.09 Å². The van der Waals surface area contributed by atoms with Gasteiger partial charge < -0.3 is 4.74 Å². The summed E-state index contributed by atoms with van der Waals surface area (Å²) in [5.41, 5.74) is 0. The van der Waals surface area contributed by atoms with Gasteiger partial charge in [-0.2, -0.15) is 0 Å². The van der Waals surface area contributed by atoms with Gasteiger partial charge in [-0.05, 0) is 28.1 Å². The Kier molecular flexibility index (Phi) is 4.14. The average molecular weight is 319 g/mol. The van der Waals surface area contributed by atoms with Gasteiger partial charge in [0.25, 0.3) is 0 Å². The molecular weight excluding hydrogens is 308 g/mol. The number of nitrogens with zero attached hydrogens (tertiary/aromatic N) is 2. The number of hydrogen-bond donors (Lipinski definition) is 0. The van der Waals surface area contributed by atoms with Crippen molar-refractivity contribution in [1.82, 2.24) is 9.72 Å². The second-order valence-corrected chi connectivity index (χ2v) is 5.95. The van der Waals surface area contributed by atoms with E-state index in [0.29, 0.717) is 25.4 Å². The first kappa shape index (κ1) is 12.5. The molecule has 7 heteroatoms. The van der Waals surface area contributed by atoms with E-state index < -0.39 is 5.76 Å². The van der Waals surface area contributed by atoms with Crippen LogP contribution in [-0.4, -0.2) is 23.4 Å². The molecule has 0 fully saturated rings. The highest BCUT2D eigenvalue weighted by Gasteiger charge is 2.11. The summed E-state index contributed by atoms with van der Waals surface area (Å²) in [6.07, 6.45) is 0.564. The molecule has 0 aliphatic heterocycles. The lowest BCUT2D eigenvalue weighted by molar-refractivity contribution is 0.198. The normalized spacial score (nSPS) is 10.9. The van der Waals surface area contributed by atoms with E-state index in [-0.39, 0.29) is 0 Å². The first-order chi connectivity index (χ1) is 8.20. The highest BCUT2D eigenvalue weighted by molar-refractivity contribution is 9.11. The summed E-state index contributed by atoms with van der Waals surface area (Å²) in [5.74, 6) is 0.182. The molecule has 0 amide bonds. The molecule has 0 N–H and O–H groups in total. The molecule has 92 valence electrons. The van der Waals surface area contributed by atoms with Crippen molar-refractivity contribution < 1.29 is 9.26 Å². The maximum absolute atomic E-state index is 11.5. The molecule has 0 aliphatic rings. The van der Waals surface area contributed by atoms with Crippen LogP contribution in [-0.2, 0) is 17.7 Å². The van der Waals surface area contributed by atoms with Crippen molar-refractivity contribution in [1.29, 1.82) is 0 Å². The van der Waals surface area contributed by atoms with Crippen LogP contribution in [0.1, 0.15) is 10.7 Å². The summed E-state index contributed by atoms with van der Waals surface area (Å²) in [6.45, 7) is 0.998. The maximum Gasteiger partial charge on any atom is 0.441 e. The third-order valence-electron chi connectivity index (χ3n) is 2.23. The molecule has 17 heavy (non-hydrogen) atoms. The molecule has 0 spiro atoms. The Balaban J connectivity index is 2.19. The largest absolute Gasteiger partial charge is 0.441 e. The van der Waals surface area contributed by atoms with Gasteiger partial charge in [0.05, 0.1) is 16.9 Å². The fourth-order valence-electron chi connectivity index (χ4n) is 1.42. The maximum atomic E-state index is 11.5. The number of halogens is 1. The Morgan fingerprint density at radius 1 is 1.59 bits per heavy atom. The standard InChI is InChI=1S/C10H11BrN2O3S/c1-15-5-4-9-12-16-10(14)13(9)6-7-2-3-8(11)17-7/h2-3H,4-6H2,1H3. The molecule has 2 heterocycles. The van der Waals surface area contributed by atoms with E-state index in [2.05, 4.69) is 25.6 Å². The second kappa shape index (κ2) is 5.61. The Labute approximate surface area is 110 Å². The molecule has 0 atom stereocenters. The van der Waals surface area contributed by atoms with E-state index in [1.54, 1.807) is 18.4 Å². The minimum absolute atomic E-state index is 0.430. The van der Waals surface area contributed by atoms with Crippen LogP contribution in [0.15, 0.2) is 25.2 Å². The van der Waals surface area contributed by atoms with E-state index in [4.69, 9.17) is 4.74 Å². The molecule has 0 aliphatic carbocycles. The van der Waals surface area contributed by atoms with E-state index in [9.17, 15) is 4.79 Å². The molecule has 5 nitrogen and oxygen atoms in total.